The van der Waals surface area contributed by atoms with Crippen LogP contribution >= 0.6 is 0 Å². The van der Waals surface area contributed by atoms with Gasteiger partial charge in [0.05, 0.1) is 5.92 Å². The second kappa shape index (κ2) is 4.38. The van der Waals surface area contributed by atoms with Crippen molar-refractivity contribution in [3.63, 3.8) is 0 Å². The van der Waals surface area contributed by atoms with Crippen LogP contribution in [0.3, 0.4) is 0 Å². The lowest BCUT2D eigenvalue weighted by atomic mass is 10.0. The van der Waals surface area contributed by atoms with Crippen LogP contribution in [0.1, 0.15) is 6.42 Å². The standard InChI is InChI=1S/C9H14N2O5/c1-10(2)7(12)5-3-6(8(13)14)11(4-5)9(15)16/h5-6H,3-4H2,1-2H3,(H,13,14)(H,15,16)/t5-,6-/m1/s1. The van der Waals surface area contributed by atoms with Gasteiger partial charge in [-0.25, -0.2) is 9.59 Å². The first-order chi connectivity index (χ1) is 7.34. The van der Waals surface area contributed by atoms with Crippen molar-refractivity contribution in [1.29, 1.82) is 0 Å². The highest BCUT2D eigenvalue weighted by molar-refractivity contribution is 5.85. The monoisotopic (exact) mass is 230 g/mol. The SMILES string of the molecule is CN(C)C(=O)[C@@H]1C[C@H](C(=O)O)N(C(=O)O)C1. The van der Waals surface area contributed by atoms with Crippen LogP contribution in [0.4, 0.5) is 4.79 Å². The van der Waals surface area contributed by atoms with Crippen LogP contribution in [0.2, 0.25) is 0 Å². The Kier molecular flexibility index (Phi) is 3.36. The Balaban J connectivity index is 2.80. The van der Waals surface area contributed by atoms with E-state index in [0.29, 0.717) is 0 Å². The van der Waals surface area contributed by atoms with Gasteiger partial charge in [0.1, 0.15) is 6.04 Å². The summed E-state index contributed by atoms with van der Waals surface area (Å²) in [5.74, 6) is -2.02. The molecule has 1 fully saturated rings. The summed E-state index contributed by atoms with van der Waals surface area (Å²) in [6, 6.07) is -1.12. The minimum atomic E-state index is -1.30. The van der Waals surface area contributed by atoms with Gasteiger partial charge in [-0.05, 0) is 6.42 Å². The fourth-order valence-electron chi connectivity index (χ4n) is 1.83. The number of nitrogens with zero attached hydrogens (tertiary/aromatic N) is 2. The van der Waals surface area contributed by atoms with Gasteiger partial charge in [0.25, 0.3) is 0 Å². The van der Waals surface area contributed by atoms with Crippen LogP contribution in [0.25, 0.3) is 0 Å². The predicted molar refractivity (Wildman–Crippen MR) is 53.0 cm³/mol. The molecule has 0 bridgehead atoms. The zero-order valence-corrected chi connectivity index (χ0v) is 9.08. The Bertz CT molecular complexity index is 306. The van der Waals surface area contributed by atoms with E-state index in [1.54, 1.807) is 14.1 Å². The summed E-state index contributed by atoms with van der Waals surface area (Å²) in [6.45, 7) is -0.0523. The molecule has 0 aromatic heterocycles. The Morgan fingerprint density at radius 3 is 2.12 bits per heavy atom. The molecule has 7 nitrogen and oxygen atoms in total. The number of rotatable bonds is 2. The zero-order valence-electron chi connectivity index (χ0n) is 9.08. The smallest absolute Gasteiger partial charge is 0.408 e. The van der Waals surface area contributed by atoms with Crippen molar-refractivity contribution in [2.75, 3.05) is 20.6 Å². The molecular weight excluding hydrogens is 216 g/mol. The molecule has 1 saturated heterocycles. The number of hydrogen-bond donors (Lipinski definition) is 2. The largest absolute Gasteiger partial charge is 0.480 e. The van der Waals surface area contributed by atoms with Crippen molar-refractivity contribution in [3.05, 3.63) is 0 Å². The normalized spacial score (nSPS) is 24.2. The van der Waals surface area contributed by atoms with Crippen LogP contribution in [-0.4, -0.2) is 64.7 Å². The maximum atomic E-state index is 11.6. The summed E-state index contributed by atoms with van der Waals surface area (Å²) in [5, 5.41) is 17.6. The highest BCUT2D eigenvalue weighted by atomic mass is 16.4. The number of aliphatic carboxylic acids is 1. The van der Waals surface area contributed by atoms with E-state index in [9.17, 15) is 14.4 Å². The van der Waals surface area contributed by atoms with Gasteiger partial charge in [0, 0.05) is 20.6 Å². The summed E-state index contributed by atoms with van der Waals surface area (Å²) < 4.78 is 0. The Labute approximate surface area is 92.2 Å². The van der Waals surface area contributed by atoms with Gasteiger partial charge in [-0.3, -0.25) is 9.69 Å². The molecule has 0 saturated carbocycles. The lowest BCUT2D eigenvalue weighted by Crippen LogP contribution is -2.39. The second-order valence-electron chi connectivity index (χ2n) is 3.95. The Morgan fingerprint density at radius 1 is 1.25 bits per heavy atom. The molecular formula is C9H14N2O5. The van der Waals surface area contributed by atoms with E-state index in [0.717, 1.165) is 4.90 Å². The quantitative estimate of drug-likeness (QED) is 0.668. The summed E-state index contributed by atoms with van der Waals surface area (Å²) in [5.41, 5.74) is 0. The van der Waals surface area contributed by atoms with Gasteiger partial charge in [-0.1, -0.05) is 0 Å². The number of hydrogen-bond acceptors (Lipinski definition) is 3. The van der Waals surface area contributed by atoms with Crippen LogP contribution in [-0.2, 0) is 9.59 Å². The summed E-state index contributed by atoms with van der Waals surface area (Å²) >= 11 is 0. The average molecular weight is 230 g/mol. The van der Waals surface area contributed by atoms with Crippen molar-refractivity contribution in [2.24, 2.45) is 5.92 Å². The number of carboxylic acids is 1. The van der Waals surface area contributed by atoms with Gasteiger partial charge in [0.15, 0.2) is 0 Å². The molecule has 0 unspecified atom stereocenters. The van der Waals surface area contributed by atoms with Crippen molar-refractivity contribution < 1.29 is 24.6 Å². The molecule has 0 aliphatic carbocycles. The number of carbonyl (C=O) groups excluding carboxylic acids is 1. The molecule has 0 aromatic carbocycles. The Morgan fingerprint density at radius 2 is 1.81 bits per heavy atom. The Hall–Kier alpha value is -1.79. The number of amides is 2. The molecule has 0 spiro atoms. The van der Waals surface area contributed by atoms with E-state index < -0.39 is 24.0 Å². The molecule has 1 rings (SSSR count). The highest BCUT2D eigenvalue weighted by Gasteiger charge is 2.42. The van der Waals surface area contributed by atoms with Crippen molar-refractivity contribution in [3.8, 4) is 0 Å². The van der Waals surface area contributed by atoms with Gasteiger partial charge in [0.2, 0.25) is 5.91 Å². The van der Waals surface area contributed by atoms with Crippen LogP contribution in [0.5, 0.6) is 0 Å². The topological polar surface area (TPSA) is 98.2 Å². The third kappa shape index (κ3) is 2.23. The predicted octanol–water partition coefficient (Wildman–Crippen LogP) is -0.472. The highest BCUT2D eigenvalue weighted by Crippen LogP contribution is 2.24. The van der Waals surface area contributed by atoms with Crippen molar-refractivity contribution in [1.82, 2.24) is 9.80 Å². The number of likely N-dealkylation sites (tertiary alicyclic amines) is 1. The van der Waals surface area contributed by atoms with Crippen LogP contribution in [0.15, 0.2) is 0 Å². The molecule has 90 valence electrons. The molecule has 2 amide bonds. The average Bonchev–Trinajstić information content (AvgIpc) is 2.60. The first-order valence-corrected chi connectivity index (χ1v) is 4.78. The van der Waals surface area contributed by atoms with Crippen LogP contribution in [0, 0.1) is 5.92 Å². The molecule has 16 heavy (non-hydrogen) atoms. The summed E-state index contributed by atoms with van der Waals surface area (Å²) in [6.07, 6.45) is -1.26. The zero-order chi connectivity index (χ0) is 12.5. The van der Waals surface area contributed by atoms with Crippen LogP contribution < -0.4 is 0 Å². The molecule has 1 aliphatic rings. The van der Waals surface area contributed by atoms with E-state index >= 15 is 0 Å². The minimum absolute atomic E-state index is 0.0403. The number of carboxylic acid groups (broad SMARTS) is 2. The summed E-state index contributed by atoms with van der Waals surface area (Å²) in [4.78, 5) is 35.4. The molecule has 2 atom stereocenters. The van der Waals surface area contributed by atoms with Gasteiger partial charge in [-0.2, -0.15) is 0 Å². The molecule has 7 heteroatoms. The third-order valence-electron chi connectivity index (χ3n) is 2.62. The molecule has 2 N–H and O–H groups in total. The van der Waals surface area contributed by atoms with E-state index in [1.807, 2.05) is 0 Å². The van der Waals surface area contributed by atoms with E-state index in [4.69, 9.17) is 10.2 Å². The second-order valence-corrected chi connectivity index (χ2v) is 3.95. The fourth-order valence-corrected chi connectivity index (χ4v) is 1.83. The van der Waals surface area contributed by atoms with Gasteiger partial charge >= 0.3 is 12.1 Å². The lowest BCUT2D eigenvalue weighted by molar-refractivity contribution is -0.141. The molecule has 0 aromatic rings. The van der Waals surface area contributed by atoms with Crippen molar-refractivity contribution >= 4 is 18.0 Å². The van der Waals surface area contributed by atoms with Crippen molar-refractivity contribution in [2.45, 2.75) is 12.5 Å². The van der Waals surface area contributed by atoms with E-state index in [-0.39, 0.29) is 18.9 Å². The molecule has 0 radical (unpaired) electrons. The summed E-state index contributed by atoms with van der Waals surface area (Å²) in [7, 11) is 3.11. The van der Waals surface area contributed by atoms with E-state index in [2.05, 4.69) is 0 Å². The maximum absolute atomic E-state index is 11.6. The maximum Gasteiger partial charge on any atom is 0.408 e. The minimum Gasteiger partial charge on any atom is -0.480 e. The third-order valence-corrected chi connectivity index (χ3v) is 2.62. The first-order valence-electron chi connectivity index (χ1n) is 4.78. The lowest BCUT2D eigenvalue weighted by Gasteiger charge is -2.17. The molecule has 1 heterocycles. The van der Waals surface area contributed by atoms with E-state index in [1.165, 1.54) is 4.90 Å². The number of carbonyl (C=O) groups is 3. The molecule has 1 aliphatic heterocycles. The first kappa shape index (κ1) is 12.3. The van der Waals surface area contributed by atoms with Gasteiger partial charge in [-0.15, -0.1) is 0 Å². The van der Waals surface area contributed by atoms with Gasteiger partial charge < -0.3 is 15.1 Å². The fraction of sp³-hybridized carbons (Fsp3) is 0.667.